The van der Waals surface area contributed by atoms with Gasteiger partial charge in [-0.3, -0.25) is 4.79 Å². The van der Waals surface area contributed by atoms with Gasteiger partial charge < -0.3 is 24.6 Å². The molecule has 0 radical (unpaired) electrons. The molecule has 5 rings (SSSR count). The van der Waals surface area contributed by atoms with Crippen LogP contribution in [0.15, 0.2) is 16.8 Å². The van der Waals surface area contributed by atoms with Crippen LogP contribution < -0.4 is 10.6 Å². The van der Waals surface area contributed by atoms with Crippen molar-refractivity contribution in [3.8, 4) is 11.5 Å². The van der Waals surface area contributed by atoms with E-state index in [2.05, 4.69) is 25.8 Å². The molecule has 0 unspecified atom stereocenters. The Hall–Kier alpha value is -3.05. The maximum Gasteiger partial charge on any atom is 0.259 e. The standard InChI is InChI=1S/C22H29N7O4/c1-2-29-21-17(20(27-29)25-16-5-9-32-10-6-16)11-14(13-23-21)22-26-18(28-33-22)12-19(30)24-15-3-7-31-8-4-15/h11,13,15-16H,2-10,12H2,1H3,(H,24,30)(H,25,27). The van der Waals surface area contributed by atoms with Crippen LogP contribution in [0.3, 0.4) is 0 Å². The molecule has 0 saturated carbocycles. The van der Waals surface area contributed by atoms with Gasteiger partial charge in [-0.15, -0.1) is 0 Å². The Bertz CT molecular complexity index is 1100. The van der Waals surface area contributed by atoms with Crippen LogP contribution in [0.5, 0.6) is 0 Å². The van der Waals surface area contributed by atoms with Gasteiger partial charge in [-0.05, 0) is 38.7 Å². The van der Waals surface area contributed by atoms with Crippen molar-refractivity contribution < 1.29 is 18.8 Å². The molecule has 3 aromatic heterocycles. The molecule has 0 aliphatic carbocycles. The van der Waals surface area contributed by atoms with Crippen LogP contribution in [0.4, 0.5) is 5.82 Å². The molecule has 11 nitrogen and oxygen atoms in total. The molecule has 0 aromatic carbocycles. The number of aryl methyl sites for hydroxylation is 1. The highest BCUT2D eigenvalue weighted by atomic mass is 16.5. The number of hydrogen-bond acceptors (Lipinski definition) is 9. The average molecular weight is 456 g/mol. The summed E-state index contributed by atoms with van der Waals surface area (Å²) < 4.78 is 18.1. The highest BCUT2D eigenvalue weighted by Crippen LogP contribution is 2.28. The van der Waals surface area contributed by atoms with Crippen LogP contribution in [0.25, 0.3) is 22.5 Å². The van der Waals surface area contributed by atoms with E-state index in [1.54, 1.807) is 6.20 Å². The lowest BCUT2D eigenvalue weighted by atomic mass is 10.1. The molecule has 176 valence electrons. The molecular formula is C22H29N7O4. The van der Waals surface area contributed by atoms with E-state index in [1.165, 1.54) is 0 Å². The van der Waals surface area contributed by atoms with Crippen molar-refractivity contribution in [2.75, 3.05) is 31.7 Å². The SMILES string of the molecule is CCn1nc(NC2CCOCC2)c2cc(-c3nc(CC(=O)NC4CCOCC4)no3)cnc21. The zero-order valence-corrected chi connectivity index (χ0v) is 18.7. The molecule has 2 fully saturated rings. The monoisotopic (exact) mass is 455 g/mol. The number of ether oxygens (including phenoxy) is 2. The molecule has 11 heteroatoms. The quantitative estimate of drug-likeness (QED) is 0.549. The number of nitrogens with one attached hydrogen (secondary N) is 2. The highest BCUT2D eigenvalue weighted by molar-refractivity contribution is 5.90. The van der Waals surface area contributed by atoms with Crippen LogP contribution in [0, 0.1) is 0 Å². The first kappa shape index (κ1) is 21.8. The Labute approximate surface area is 191 Å². The van der Waals surface area contributed by atoms with Crippen molar-refractivity contribution >= 4 is 22.8 Å². The van der Waals surface area contributed by atoms with E-state index in [-0.39, 0.29) is 18.4 Å². The Morgan fingerprint density at radius 3 is 2.58 bits per heavy atom. The minimum atomic E-state index is -0.116. The van der Waals surface area contributed by atoms with Crippen molar-refractivity contribution in [2.45, 2.75) is 57.7 Å². The van der Waals surface area contributed by atoms with Gasteiger partial charge in [0, 0.05) is 51.3 Å². The van der Waals surface area contributed by atoms with Crippen LogP contribution in [-0.4, -0.2) is 69.3 Å². The third-order valence-electron chi connectivity index (χ3n) is 6.07. The molecule has 2 saturated heterocycles. The molecule has 0 spiro atoms. The predicted octanol–water partition coefficient (Wildman–Crippen LogP) is 1.93. The average Bonchev–Trinajstić information content (AvgIpc) is 3.44. The van der Waals surface area contributed by atoms with Gasteiger partial charge in [-0.1, -0.05) is 5.16 Å². The molecule has 5 heterocycles. The summed E-state index contributed by atoms with van der Waals surface area (Å²) in [6.45, 7) is 5.60. The molecule has 3 aromatic rings. The zero-order chi connectivity index (χ0) is 22.6. The number of nitrogens with zero attached hydrogens (tertiary/aromatic N) is 5. The summed E-state index contributed by atoms with van der Waals surface area (Å²) in [5.41, 5.74) is 1.49. The molecule has 2 N–H and O–H groups in total. The van der Waals surface area contributed by atoms with E-state index in [0.29, 0.717) is 43.1 Å². The number of amides is 1. The number of carbonyl (C=O) groups is 1. The fourth-order valence-electron chi connectivity index (χ4n) is 4.25. The van der Waals surface area contributed by atoms with Gasteiger partial charge in [0.15, 0.2) is 17.3 Å². The summed E-state index contributed by atoms with van der Waals surface area (Å²) in [6, 6.07) is 2.42. The number of aromatic nitrogens is 5. The van der Waals surface area contributed by atoms with Gasteiger partial charge >= 0.3 is 0 Å². The molecule has 0 bridgehead atoms. The van der Waals surface area contributed by atoms with Gasteiger partial charge in [-0.2, -0.15) is 10.1 Å². The molecule has 33 heavy (non-hydrogen) atoms. The number of carbonyl (C=O) groups excluding carboxylic acids is 1. The first-order chi connectivity index (χ1) is 16.2. The van der Waals surface area contributed by atoms with E-state index < -0.39 is 0 Å². The van der Waals surface area contributed by atoms with Gasteiger partial charge in [0.2, 0.25) is 5.91 Å². The first-order valence-electron chi connectivity index (χ1n) is 11.6. The second kappa shape index (κ2) is 9.84. The van der Waals surface area contributed by atoms with Crippen molar-refractivity contribution in [1.82, 2.24) is 30.2 Å². The van der Waals surface area contributed by atoms with Crippen molar-refractivity contribution in [2.24, 2.45) is 0 Å². The Morgan fingerprint density at radius 2 is 1.85 bits per heavy atom. The highest BCUT2D eigenvalue weighted by Gasteiger charge is 2.21. The smallest absolute Gasteiger partial charge is 0.259 e. The van der Waals surface area contributed by atoms with Crippen LogP contribution in [0.2, 0.25) is 0 Å². The van der Waals surface area contributed by atoms with Gasteiger partial charge in [-0.25, -0.2) is 9.67 Å². The third kappa shape index (κ3) is 4.98. The second-order valence-corrected chi connectivity index (χ2v) is 8.44. The van der Waals surface area contributed by atoms with Crippen molar-refractivity contribution in [3.63, 3.8) is 0 Å². The number of fused-ring (bicyclic) bond motifs is 1. The lowest BCUT2D eigenvalue weighted by Gasteiger charge is -2.23. The Kier molecular flexibility index (Phi) is 6.49. The van der Waals surface area contributed by atoms with Crippen LogP contribution in [-0.2, 0) is 27.2 Å². The predicted molar refractivity (Wildman–Crippen MR) is 120 cm³/mol. The number of hydrogen-bond donors (Lipinski definition) is 2. The Balaban J connectivity index is 1.32. The zero-order valence-electron chi connectivity index (χ0n) is 18.7. The van der Waals surface area contributed by atoms with Gasteiger partial charge in [0.25, 0.3) is 5.89 Å². The maximum atomic E-state index is 12.4. The van der Waals surface area contributed by atoms with Gasteiger partial charge in [0.05, 0.1) is 17.4 Å². The molecule has 0 atom stereocenters. The Morgan fingerprint density at radius 1 is 1.12 bits per heavy atom. The minimum absolute atomic E-state index is 0.0703. The van der Waals surface area contributed by atoms with E-state index in [4.69, 9.17) is 19.1 Å². The summed E-state index contributed by atoms with van der Waals surface area (Å²) in [6.07, 6.45) is 5.30. The van der Waals surface area contributed by atoms with Crippen LogP contribution >= 0.6 is 0 Å². The molecule has 2 aliphatic heterocycles. The summed E-state index contributed by atoms with van der Waals surface area (Å²) >= 11 is 0. The lowest BCUT2D eigenvalue weighted by molar-refractivity contribution is -0.121. The second-order valence-electron chi connectivity index (χ2n) is 8.44. The van der Waals surface area contributed by atoms with E-state index in [1.807, 2.05) is 17.7 Å². The van der Waals surface area contributed by atoms with Crippen molar-refractivity contribution in [3.05, 3.63) is 18.1 Å². The fraction of sp³-hybridized carbons (Fsp3) is 0.591. The maximum absolute atomic E-state index is 12.4. The van der Waals surface area contributed by atoms with E-state index >= 15 is 0 Å². The molecule has 2 aliphatic rings. The number of rotatable bonds is 7. The normalized spacial score (nSPS) is 18.0. The summed E-state index contributed by atoms with van der Waals surface area (Å²) in [7, 11) is 0. The van der Waals surface area contributed by atoms with Crippen molar-refractivity contribution in [1.29, 1.82) is 0 Å². The first-order valence-corrected chi connectivity index (χ1v) is 11.6. The fourth-order valence-corrected chi connectivity index (χ4v) is 4.25. The summed E-state index contributed by atoms with van der Waals surface area (Å²) in [4.78, 5) is 21.4. The summed E-state index contributed by atoms with van der Waals surface area (Å²) in [5, 5.41) is 16.2. The van der Waals surface area contributed by atoms with Gasteiger partial charge in [0.1, 0.15) is 0 Å². The molecular weight excluding hydrogens is 426 g/mol. The number of pyridine rings is 1. The lowest BCUT2D eigenvalue weighted by Crippen LogP contribution is -2.39. The largest absolute Gasteiger partial charge is 0.381 e. The van der Waals surface area contributed by atoms with E-state index in [9.17, 15) is 4.79 Å². The van der Waals surface area contributed by atoms with E-state index in [0.717, 1.165) is 55.7 Å². The third-order valence-corrected chi connectivity index (χ3v) is 6.07. The summed E-state index contributed by atoms with van der Waals surface area (Å²) in [5.74, 6) is 1.36. The van der Waals surface area contributed by atoms with Crippen LogP contribution in [0.1, 0.15) is 38.4 Å². The number of anilines is 1. The molecule has 1 amide bonds. The topological polar surface area (TPSA) is 129 Å². The minimum Gasteiger partial charge on any atom is -0.381 e.